The van der Waals surface area contributed by atoms with Crippen LogP contribution in [0.4, 0.5) is 36.8 Å². The van der Waals surface area contributed by atoms with Crippen LogP contribution < -0.4 is 15.6 Å². The van der Waals surface area contributed by atoms with Gasteiger partial charge in [-0.1, -0.05) is 0 Å². The summed E-state index contributed by atoms with van der Waals surface area (Å²) in [6.45, 7) is -0.899. The number of hydrogen-bond acceptors (Lipinski definition) is 6. The monoisotopic (exact) mass is 502 g/mol. The summed E-state index contributed by atoms with van der Waals surface area (Å²) in [6, 6.07) is 5.00. The number of ether oxygens (including phenoxy) is 2. The summed E-state index contributed by atoms with van der Waals surface area (Å²) >= 11 is 0. The summed E-state index contributed by atoms with van der Waals surface area (Å²) in [5, 5.41) is 5.43. The highest BCUT2D eigenvalue weighted by atomic mass is 19.4. The van der Waals surface area contributed by atoms with E-state index in [1.54, 1.807) is 0 Å². The van der Waals surface area contributed by atoms with Crippen molar-refractivity contribution in [3.8, 4) is 5.75 Å². The number of carbonyl (C=O) groups excluding carboxylic acids is 2. The van der Waals surface area contributed by atoms with Crippen LogP contribution in [-0.2, 0) is 21.9 Å². The van der Waals surface area contributed by atoms with E-state index in [1.165, 1.54) is 0 Å². The highest BCUT2D eigenvalue weighted by molar-refractivity contribution is 6.19. The zero-order chi connectivity index (χ0) is 25.8. The zero-order valence-electron chi connectivity index (χ0n) is 17.8. The highest BCUT2D eigenvalue weighted by Crippen LogP contribution is 2.43. The molecule has 2 heterocycles. The number of hydrazine groups is 1. The molecule has 186 valence electrons. The van der Waals surface area contributed by atoms with Crippen molar-refractivity contribution in [1.29, 1.82) is 0 Å². The summed E-state index contributed by atoms with van der Waals surface area (Å²) in [5.41, 5.74) is -3.71. The molecule has 35 heavy (non-hydrogen) atoms. The molecule has 8 nitrogen and oxygen atoms in total. The number of hydrazone groups is 1. The second-order valence-corrected chi connectivity index (χ2v) is 7.77. The van der Waals surface area contributed by atoms with Crippen LogP contribution in [-0.4, -0.2) is 43.0 Å². The fourth-order valence-corrected chi connectivity index (χ4v) is 3.79. The maximum atomic E-state index is 13.1. The van der Waals surface area contributed by atoms with Gasteiger partial charge in [0, 0.05) is 5.56 Å². The van der Waals surface area contributed by atoms with E-state index in [9.17, 15) is 35.9 Å². The third kappa shape index (κ3) is 4.13. The molecule has 0 saturated heterocycles. The Kier molecular flexibility index (Phi) is 5.66. The third-order valence-corrected chi connectivity index (χ3v) is 5.61. The number of anilines is 1. The van der Waals surface area contributed by atoms with Gasteiger partial charge in [-0.25, -0.2) is 20.7 Å². The molecule has 2 aliphatic heterocycles. The van der Waals surface area contributed by atoms with Crippen LogP contribution in [0, 0.1) is 5.41 Å². The minimum absolute atomic E-state index is 0.0445. The van der Waals surface area contributed by atoms with Gasteiger partial charge in [-0.2, -0.15) is 31.4 Å². The Balaban J connectivity index is 1.68. The summed E-state index contributed by atoms with van der Waals surface area (Å²) < 4.78 is 88.0. The normalized spacial score (nSPS) is 19.3. The fraction of sp³-hybridized carbons (Fsp3) is 0.286. The first-order valence-corrected chi connectivity index (χ1v) is 9.83. The average molecular weight is 502 g/mol. The Bertz CT molecular complexity index is 1210. The van der Waals surface area contributed by atoms with Crippen molar-refractivity contribution in [2.75, 3.05) is 25.3 Å². The number of hydrogen-bond donors (Lipinski definition) is 1. The van der Waals surface area contributed by atoms with Gasteiger partial charge in [0.25, 0.3) is 0 Å². The first-order chi connectivity index (χ1) is 16.3. The standard InChI is InChI=1S/C21H16F6N4O4/c1-34-17(32)19-9-30(18(33)31(28)13-5-2-11(3-6-13)20(22,23)24)29-16(19)14-7-4-12(21(25,26)27)8-15(14)35-10-19/h2-8H,9-10,28H2,1H3. The van der Waals surface area contributed by atoms with Gasteiger partial charge < -0.3 is 9.47 Å². The van der Waals surface area contributed by atoms with E-state index in [1.807, 2.05) is 0 Å². The van der Waals surface area contributed by atoms with Gasteiger partial charge in [0.05, 0.1) is 36.2 Å². The largest absolute Gasteiger partial charge is 0.491 e. The lowest BCUT2D eigenvalue weighted by molar-refractivity contribution is -0.150. The number of carbonyl (C=O) groups is 2. The van der Waals surface area contributed by atoms with E-state index >= 15 is 0 Å². The summed E-state index contributed by atoms with van der Waals surface area (Å²) in [5.74, 6) is 4.75. The SMILES string of the molecule is COC(=O)C12COc3cc(C(F)(F)F)ccc3C1=NN(C(=O)N(N)c1ccc(C(F)(F)F)cc1)C2. The van der Waals surface area contributed by atoms with Gasteiger partial charge in [-0.05, 0) is 42.5 Å². The molecular weight excluding hydrogens is 486 g/mol. The number of nitrogens with zero attached hydrogens (tertiary/aromatic N) is 3. The Morgan fingerprint density at radius 1 is 1.06 bits per heavy atom. The summed E-state index contributed by atoms with van der Waals surface area (Å²) in [4.78, 5) is 25.7. The van der Waals surface area contributed by atoms with Crippen LogP contribution in [0.15, 0.2) is 47.6 Å². The van der Waals surface area contributed by atoms with E-state index in [0.717, 1.165) is 54.6 Å². The fourth-order valence-electron chi connectivity index (χ4n) is 3.79. The number of methoxy groups -OCH3 is 1. The molecule has 0 spiro atoms. The predicted octanol–water partition coefficient (Wildman–Crippen LogP) is 3.80. The van der Waals surface area contributed by atoms with Crippen molar-refractivity contribution in [2.24, 2.45) is 16.4 Å². The maximum Gasteiger partial charge on any atom is 0.416 e. The molecule has 0 fully saturated rings. The Labute approximate surface area is 193 Å². The van der Waals surface area contributed by atoms with Crippen LogP contribution >= 0.6 is 0 Å². The lowest BCUT2D eigenvalue weighted by atomic mass is 9.78. The second-order valence-electron chi connectivity index (χ2n) is 7.77. The number of fused-ring (bicyclic) bond motifs is 3. The van der Waals surface area contributed by atoms with Crippen molar-refractivity contribution < 1.29 is 45.4 Å². The molecule has 0 bridgehead atoms. The molecule has 4 rings (SSSR count). The molecule has 1 unspecified atom stereocenters. The van der Waals surface area contributed by atoms with Gasteiger partial charge >= 0.3 is 24.4 Å². The smallest absolute Gasteiger partial charge is 0.416 e. The van der Waals surface area contributed by atoms with Crippen molar-refractivity contribution in [3.05, 3.63) is 59.2 Å². The third-order valence-electron chi connectivity index (χ3n) is 5.61. The first kappa shape index (κ1) is 24.3. The molecule has 0 saturated carbocycles. The molecule has 0 radical (unpaired) electrons. The van der Waals surface area contributed by atoms with E-state index in [-0.39, 0.29) is 22.7 Å². The minimum Gasteiger partial charge on any atom is -0.491 e. The number of rotatable bonds is 2. The van der Waals surface area contributed by atoms with Crippen LogP contribution in [0.2, 0.25) is 0 Å². The van der Waals surface area contributed by atoms with Crippen LogP contribution in [0.5, 0.6) is 5.75 Å². The average Bonchev–Trinajstić information content (AvgIpc) is 3.22. The van der Waals surface area contributed by atoms with Gasteiger partial charge in [0.15, 0.2) is 5.41 Å². The molecule has 0 aliphatic carbocycles. The number of amides is 2. The number of benzene rings is 2. The maximum absolute atomic E-state index is 13.1. The molecule has 2 amide bonds. The summed E-state index contributed by atoms with van der Waals surface area (Å²) in [6.07, 6.45) is -9.23. The van der Waals surface area contributed by atoms with E-state index in [0.29, 0.717) is 5.01 Å². The van der Waals surface area contributed by atoms with Gasteiger partial charge in [-0.3, -0.25) is 4.79 Å². The number of urea groups is 1. The van der Waals surface area contributed by atoms with Crippen molar-refractivity contribution in [2.45, 2.75) is 12.4 Å². The summed E-state index contributed by atoms with van der Waals surface area (Å²) in [7, 11) is 1.08. The predicted molar refractivity (Wildman–Crippen MR) is 108 cm³/mol. The van der Waals surface area contributed by atoms with Crippen molar-refractivity contribution in [3.63, 3.8) is 0 Å². The van der Waals surface area contributed by atoms with Gasteiger partial charge in [0.2, 0.25) is 0 Å². The van der Waals surface area contributed by atoms with Gasteiger partial charge in [-0.15, -0.1) is 0 Å². The number of halogens is 6. The molecule has 2 aromatic rings. The first-order valence-electron chi connectivity index (χ1n) is 9.83. The van der Waals surface area contributed by atoms with Gasteiger partial charge in [0.1, 0.15) is 12.4 Å². The highest BCUT2D eigenvalue weighted by Gasteiger charge is 2.56. The Hall–Kier alpha value is -3.81. The molecule has 1 atom stereocenters. The molecule has 2 aromatic carbocycles. The Morgan fingerprint density at radius 2 is 1.66 bits per heavy atom. The molecule has 14 heteroatoms. The van der Waals surface area contributed by atoms with Crippen molar-refractivity contribution >= 4 is 23.4 Å². The van der Waals surface area contributed by atoms with Crippen LogP contribution in [0.3, 0.4) is 0 Å². The number of alkyl halides is 6. The number of nitrogens with two attached hydrogens (primary N) is 1. The van der Waals surface area contributed by atoms with E-state index in [2.05, 4.69) is 5.10 Å². The zero-order valence-corrected chi connectivity index (χ0v) is 17.8. The van der Waals surface area contributed by atoms with Crippen LogP contribution in [0.1, 0.15) is 16.7 Å². The molecular formula is C21H16F6N4O4. The topological polar surface area (TPSA) is 97.5 Å². The minimum atomic E-state index is -4.64. The second kappa shape index (κ2) is 8.15. The molecule has 0 aromatic heterocycles. The Morgan fingerprint density at radius 3 is 2.23 bits per heavy atom. The molecule has 2 N–H and O–H groups in total. The lowest BCUT2D eigenvalue weighted by Crippen LogP contribution is -2.52. The van der Waals surface area contributed by atoms with E-state index < -0.39 is 54.0 Å². The van der Waals surface area contributed by atoms with E-state index in [4.69, 9.17) is 15.3 Å². The molecule has 2 aliphatic rings. The van der Waals surface area contributed by atoms with Crippen molar-refractivity contribution in [1.82, 2.24) is 5.01 Å². The quantitative estimate of drug-likeness (QED) is 0.222. The number of esters is 1. The lowest BCUT2D eigenvalue weighted by Gasteiger charge is -2.33. The van der Waals surface area contributed by atoms with Crippen LogP contribution in [0.25, 0.3) is 0 Å².